The third-order valence-corrected chi connectivity index (χ3v) is 8.68. The van der Waals surface area contributed by atoms with Gasteiger partial charge in [0.15, 0.2) is 0 Å². The molecule has 7 nitrogen and oxygen atoms in total. The number of amidine groups is 1. The number of alkyl halides is 3. The fourth-order valence-corrected chi connectivity index (χ4v) is 6.26. The second kappa shape index (κ2) is 13.8. The van der Waals surface area contributed by atoms with Crippen LogP contribution in [0, 0.1) is 13.8 Å². The number of rotatable bonds is 11. The van der Waals surface area contributed by atoms with Gasteiger partial charge in [0.1, 0.15) is 17.0 Å². The molecule has 230 valence electrons. The van der Waals surface area contributed by atoms with Crippen LogP contribution in [0.3, 0.4) is 0 Å². The topological polar surface area (TPSA) is 74.2 Å². The predicted octanol–water partition coefficient (Wildman–Crippen LogP) is 7.13. The van der Waals surface area contributed by atoms with Crippen molar-refractivity contribution in [3.63, 3.8) is 0 Å². The Balaban J connectivity index is 1.43. The minimum Gasteiger partial charge on any atom is -0.443 e. The highest BCUT2D eigenvalue weighted by Crippen LogP contribution is 2.34. The molecule has 2 amide bonds. The average Bonchev–Trinajstić information content (AvgIpc) is 3.16. The second-order valence-electron chi connectivity index (χ2n) is 12.2. The normalized spacial score (nSPS) is 17.5. The van der Waals surface area contributed by atoms with E-state index < -0.39 is 23.7 Å². The van der Waals surface area contributed by atoms with Crippen molar-refractivity contribution in [1.82, 2.24) is 9.62 Å². The number of piperidine rings is 1. The Morgan fingerprint density at radius 2 is 1.68 bits per heavy atom. The number of unbranched alkanes of at least 4 members (excludes halogenated alkanes) is 3. The van der Waals surface area contributed by atoms with Crippen LogP contribution in [-0.4, -0.2) is 65.3 Å². The zero-order chi connectivity index (χ0) is 30.4. The first-order valence-electron chi connectivity index (χ1n) is 14.5. The van der Waals surface area contributed by atoms with E-state index in [4.69, 9.17) is 9.73 Å². The van der Waals surface area contributed by atoms with E-state index in [0.717, 1.165) is 48.5 Å². The molecular formula is C30H45F3N4O3S. The van der Waals surface area contributed by atoms with Crippen molar-refractivity contribution in [2.75, 3.05) is 30.8 Å². The Morgan fingerprint density at radius 1 is 1.07 bits per heavy atom. The molecule has 0 aliphatic carbocycles. The number of nitrogens with one attached hydrogen (secondary N) is 1. The Bertz CT molecular complexity index is 1090. The van der Waals surface area contributed by atoms with Crippen LogP contribution in [-0.2, 0) is 16.0 Å². The summed E-state index contributed by atoms with van der Waals surface area (Å²) < 4.78 is 44.6. The third kappa shape index (κ3) is 9.91. The number of anilines is 1. The van der Waals surface area contributed by atoms with E-state index in [2.05, 4.69) is 23.5 Å². The van der Waals surface area contributed by atoms with Crippen molar-refractivity contribution in [1.29, 1.82) is 0 Å². The molecule has 0 atom stereocenters. The summed E-state index contributed by atoms with van der Waals surface area (Å²) in [6, 6.07) is 4.05. The van der Waals surface area contributed by atoms with E-state index in [-0.39, 0.29) is 18.4 Å². The molecule has 3 rings (SSSR count). The van der Waals surface area contributed by atoms with Gasteiger partial charge >= 0.3 is 12.3 Å². The van der Waals surface area contributed by atoms with Crippen LogP contribution in [0.5, 0.6) is 0 Å². The smallest absolute Gasteiger partial charge is 0.414 e. The molecule has 0 aromatic heterocycles. The molecule has 2 aliphatic rings. The maximum absolute atomic E-state index is 12.8. The molecule has 1 fully saturated rings. The number of hydrogen-bond donors (Lipinski definition) is 1. The molecular weight excluding hydrogens is 553 g/mol. The number of aliphatic imine (C=N–C) groups is 1. The van der Waals surface area contributed by atoms with Crippen LogP contribution in [0.15, 0.2) is 17.1 Å². The van der Waals surface area contributed by atoms with Gasteiger partial charge in [-0.2, -0.15) is 13.2 Å². The van der Waals surface area contributed by atoms with Crippen LogP contribution in [0.4, 0.5) is 23.7 Å². The summed E-state index contributed by atoms with van der Waals surface area (Å²) in [6.45, 7) is 11.2. The number of hydrogen-bond acceptors (Lipinski definition) is 6. The molecule has 1 saturated heterocycles. The summed E-state index contributed by atoms with van der Waals surface area (Å²) in [5.74, 6) is 1.54. The lowest BCUT2D eigenvalue weighted by Crippen LogP contribution is -2.47. The molecule has 11 heteroatoms. The summed E-state index contributed by atoms with van der Waals surface area (Å²) in [7, 11) is 1.72. The van der Waals surface area contributed by atoms with Crippen molar-refractivity contribution in [2.45, 2.75) is 110 Å². The molecule has 0 unspecified atom stereocenters. The third-order valence-electron chi connectivity index (χ3n) is 7.56. The summed E-state index contributed by atoms with van der Waals surface area (Å²) in [4.78, 5) is 31.6. The van der Waals surface area contributed by atoms with Gasteiger partial charge in [0.25, 0.3) is 5.91 Å². The van der Waals surface area contributed by atoms with Crippen LogP contribution < -0.4 is 10.2 Å². The van der Waals surface area contributed by atoms with Gasteiger partial charge in [-0.05, 0) is 95.5 Å². The summed E-state index contributed by atoms with van der Waals surface area (Å²) >= 11 is 1.79. The number of ether oxygens (including phenoxy) is 1. The van der Waals surface area contributed by atoms with E-state index >= 15 is 0 Å². The molecule has 0 radical (unpaired) electrons. The number of carbonyl (C=O) groups excluding carboxylic acids is 2. The number of halogens is 3. The number of aryl methyl sites for hydroxylation is 2. The molecule has 1 aromatic rings. The van der Waals surface area contributed by atoms with E-state index in [9.17, 15) is 22.8 Å². The van der Waals surface area contributed by atoms with E-state index in [1.54, 1.807) is 23.9 Å². The van der Waals surface area contributed by atoms with Gasteiger partial charge in [-0.15, -0.1) is 0 Å². The fraction of sp³-hybridized carbons (Fsp3) is 0.700. The minimum atomic E-state index is -4.09. The molecule has 1 aromatic carbocycles. The van der Waals surface area contributed by atoms with Crippen molar-refractivity contribution in [2.24, 2.45) is 4.99 Å². The van der Waals surface area contributed by atoms with Crippen LogP contribution in [0.25, 0.3) is 0 Å². The van der Waals surface area contributed by atoms with Crippen LogP contribution in [0.1, 0.15) is 88.8 Å². The second-order valence-corrected chi connectivity index (χ2v) is 13.4. The highest BCUT2D eigenvalue weighted by molar-refractivity contribution is 7.97. The zero-order valence-electron chi connectivity index (χ0n) is 25.2. The average molecular weight is 599 g/mol. The lowest BCUT2D eigenvalue weighted by Gasteiger charge is -2.34. The molecule has 0 saturated carbocycles. The Kier molecular flexibility index (Phi) is 11.2. The van der Waals surface area contributed by atoms with E-state index in [0.29, 0.717) is 37.9 Å². The highest BCUT2D eigenvalue weighted by Gasteiger charge is 2.45. The number of carbonyl (C=O) groups is 2. The SMILES string of the molecule is Cc1cc(N(C)C(=O)OC(C)(C)C)cc(C)c1CCSN1CCC2(CC1)N=C(CCCCCCC(F)(F)F)NC2=O. The Labute approximate surface area is 246 Å². The van der Waals surface area contributed by atoms with Gasteiger partial charge in [-0.3, -0.25) is 19.0 Å². The monoisotopic (exact) mass is 598 g/mol. The summed E-state index contributed by atoms with van der Waals surface area (Å²) in [5.41, 5.74) is 3.10. The molecule has 2 heterocycles. The first-order chi connectivity index (χ1) is 19.1. The Hall–Kier alpha value is -2.27. The molecule has 2 aliphatic heterocycles. The number of nitrogens with zero attached hydrogens (tertiary/aromatic N) is 3. The Morgan fingerprint density at radius 3 is 2.27 bits per heavy atom. The standard InChI is InChI=1S/C30H45F3N4O3S/c1-21-19-23(36(6)27(39)40-28(3,4)5)20-22(2)24(21)12-18-41-37-16-14-29(15-17-37)26(38)34-25(35-29)11-9-7-8-10-13-30(31,32)33/h19-20H,7-18H2,1-6H3,(H,34,35,38). The van der Waals surface area contributed by atoms with Gasteiger partial charge in [-0.1, -0.05) is 24.8 Å². The molecule has 1 spiro atoms. The number of amides is 2. The van der Waals surface area contributed by atoms with Gasteiger partial charge < -0.3 is 10.1 Å². The van der Waals surface area contributed by atoms with E-state index in [1.807, 2.05) is 32.9 Å². The predicted molar refractivity (Wildman–Crippen MR) is 160 cm³/mol. The number of benzene rings is 1. The van der Waals surface area contributed by atoms with Crippen molar-refractivity contribution >= 4 is 35.5 Å². The van der Waals surface area contributed by atoms with Crippen molar-refractivity contribution in [3.8, 4) is 0 Å². The van der Waals surface area contributed by atoms with Gasteiger partial charge in [0.2, 0.25) is 0 Å². The van der Waals surface area contributed by atoms with Gasteiger partial charge in [-0.25, -0.2) is 4.79 Å². The fourth-order valence-electron chi connectivity index (χ4n) is 5.27. The zero-order valence-corrected chi connectivity index (χ0v) is 26.1. The summed E-state index contributed by atoms with van der Waals surface area (Å²) in [5, 5.41) is 2.93. The minimum absolute atomic E-state index is 0.0445. The molecule has 0 bridgehead atoms. The van der Waals surface area contributed by atoms with E-state index in [1.165, 1.54) is 5.56 Å². The largest absolute Gasteiger partial charge is 0.443 e. The van der Waals surface area contributed by atoms with Crippen LogP contribution >= 0.6 is 11.9 Å². The first-order valence-corrected chi connectivity index (χ1v) is 15.4. The van der Waals surface area contributed by atoms with Crippen LogP contribution in [0.2, 0.25) is 0 Å². The molecule has 41 heavy (non-hydrogen) atoms. The highest BCUT2D eigenvalue weighted by atomic mass is 32.2. The lowest BCUT2D eigenvalue weighted by molar-refractivity contribution is -0.135. The first kappa shape index (κ1) is 33.2. The van der Waals surface area contributed by atoms with Gasteiger partial charge in [0, 0.05) is 44.4 Å². The van der Waals surface area contributed by atoms with Crippen molar-refractivity contribution in [3.05, 3.63) is 28.8 Å². The molecule has 1 N–H and O–H groups in total. The van der Waals surface area contributed by atoms with Gasteiger partial charge in [0.05, 0.1) is 0 Å². The maximum Gasteiger partial charge on any atom is 0.414 e. The summed E-state index contributed by atoms with van der Waals surface area (Å²) in [6.07, 6.45) is -0.286. The lowest BCUT2D eigenvalue weighted by atomic mass is 9.89. The quantitative estimate of drug-likeness (QED) is 0.217. The van der Waals surface area contributed by atoms with Crippen molar-refractivity contribution < 1.29 is 27.5 Å². The maximum atomic E-state index is 12.8.